The molecule has 1 aliphatic heterocycles. The Morgan fingerprint density at radius 3 is 2.93 bits per heavy atom. The number of carbonyl (C=O) groups is 1. The number of halogens is 1. The van der Waals surface area contributed by atoms with Crippen LogP contribution >= 0.6 is 0 Å². The number of carbonyl (C=O) groups excluding carboxylic acids is 1. The Labute approximate surface area is 160 Å². The quantitative estimate of drug-likeness (QED) is 0.677. The van der Waals surface area contributed by atoms with Gasteiger partial charge in [0, 0.05) is 25.2 Å². The predicted molar refractivity (Wildman–Crippen MR) is 98.8 cm³/mol. The molecule has 0 atom stereocenters. The highest BCUT2D eigenvalue weighted by atomic mass is 19.1. The van der Waals surface area contributed by atoms with E-state index in [9.17, 15) is 14.0 Å². The highest BCUT2D eigenvalue weighted by Crippen LogP contribution is 2.15. The molecule has 1 aromatic carbocycles. The first-order chi connectivity index (χ1) is 13.5. The van der Waals surface area contributed by atoms with Crippen molar-refractivity contribution in [3.63, 3.8) is 0 Å². The highest BCUT2D eigenvalue weighted by Gasteiger charge is 2.23. The molecule has 0 radical (unpaired) electrons. The Morgan fingerprint density at radius 1 is 1.29 bits per heavy atom. The van der Waals surface area contributed by atoms with Crippen LogP contribution in [0.2, 0.25) is 0 Å². The lowest BCUT2D eigenvalue weighted by Gasteiger charge is -2.35. The van der Waals surface area contributed by atoms with Gasteiger partial charge >= 0.3 is 0 Å². The van der Waals surface area contributed by atoms with Gasteiger partial charge < -0.3 is 9.42 Å². The number of hydrogen-bond acceptors (Lipinski definition) is 6. The molecule has 4 rings (SSSR count). The third kappa shape index (κ3) is 3.53. The summed E-state index contributed by atoms with van der Waals surface area (Å²) < 4.78 is 20.1. The molecule has 0 N–H and O–H groups in total. The monoisotopic (exact) mass is 385 g/mol. The van der Waals surface area contributed by atoms with Gasteiger partial charge in [0.25, 0.3) is 11.3 Å². The second-order valence-electron chi connectivity index (χ2n) is 6.92. The number of amides is 1. The van der Waals surface area contributed by atoms with E-state index in [2.05, 4.69) is 10.1 Å². The van der Waals surface area contributed by atoms with Gasteiger partial charge in [0.05, 0.1) is 12.4 Å². The molecule has 9 heteroatoms. The van der Waals surface area contributed by atoms with Crippen molar-refractivity contribution >= 4 is 17.0 Å². The van der Waals surface area contributed by atoms with Crippen LogP contribution in [0.3, 0.4) is 0 Å². The summed E-state index contributed by atoms with van der Waals surface area (Å²) in [6.45, 7) is 3.76. The summed E-state index contributed by atoms with van der Waals surface area (Å²) in [4.78, 5) is 33.1. The average molecular weight is 385 g/mol. The second kappa shape index (κ2) is 7.51. The van der Waals surface area contributed by atoms with Crippen molar-refractivity contribution in [1.82, 2.24) is 24.5 Å². The third-order valence-electron chi connectivity index (χ3n) is 4.92. The van der Waals surface area contributed by atoms with Gasteiger partial charge in [0.1, 0.15) is 24.1 Å². The average Bonchev–Trinajstić information content (AvgIpc) is 3.07. The number of hydrogen-bond donors (Lipinski definition) is 0. The molecular formula is C19H20FN5O3. The van der Waals surface area contributed by atoms with Crippen LogP contribution in [-0.2, 0) is 17.9 Å². The molecule has 8 nitrogen and oxygen atoms in total. The van der Waals surface area contributed by atoms with Gasteiger partial charge in [-0.15, -0.1) is 0 Å². The summed E-state index contributed by atoms with van der Waals surface area (Å²) in [7, 11) is 0. The molecule has 1 aliphatic rings. The highest BCUT2D eigenvalue weighted by molar-refractivity contribution is 5.77. The fraction of sp³-hybridized carbons (Fsp3) is 0.368. The number of rotatable bonds is 4. The zero-order valence-electron chi connectivity index (χ0n) is 15.5. The SMILES string of the molecule is Cc1noc2ncn(CC(=O)N3CCCN(Cc4ccccc4F)C3)c(=O)c12. The lowest BCUT2D eigenvalue weighted by Crippen LogP contribution is -2.48. The molecular weight excluding hydrogens is 365 g/mol. The molecule has 0 unspecified atom stereocenters. The number of nitrogens with zero attached hydrogens (tertiary/aromatic N) is 5. The zero-order valence-corrected chi connectivity index (χ0v) is 15.5. The van der Waals surface area contributed by atoms with Crippen molar-refractivity contribution in [2.24, 2.45) is 0 Å². The van der Waals surface area contributed by atoms with E-state index in [1.165, 1.54) is 17.0 Å². The number of aryl methyl sites for hydroxylation is 1. The van der Waals surface area contributed by atoms with Crippen LogP contribution in [0.25, 0.3) is 11.1 Å². The van der Waals surface area contributed by atoms with Gasteiger partial charge in [0.15, 0.2) is 0 Å². The summed E-state index contributed by atoms with van der Waals surface area (Å²) in [6, 6.07) is 6.64. The van der Waals surface area contributed by atoms with Crippen LogP contribution in [0, 0.1) is 12.7 Å². The Bertz CT molecular complexity index is 1080. The van der Waals surface area contributed by atoms with E-state index in [0.29, 0.717) is 31.0 Å². The molecule has 3 aromatic rings. The second-order valence-corrected chi connectivity index (χ2v) is 6.92. The predicted octanol–water partition coefficient (Wildman–Crippen LogP) is 1.52. The fourth-order valence-corrected chi connectivity index (χ4v) is 3.44. The molecule has 1 saturated heterocycles. The Morgan fingerprint density at radius 2 is 2.11 bits per heavy atom. The molecule has 0 aliphatic carbocycles. The Kier molecular flexibility index (Phi) is 4.91. The smallest absolute Gasteiger partial charge is 0.267 e. The van der Waals surface area contributed by atoms with E-state index in [0.717, 1.165) is 13.0 Å². The van der Waals surface area contributed by atoms with Gasteiger partial charge in [-0.25, -0.2) is 9.37 Å². The normalized spacial score (nSPS) is 15.3. The van der Waals surface area contributed by atoms with Gasteiger partial charge in [-0.05, 0) is 19.4 Å². The van der Waals surface area contributed by atoms with Crippen molar-refractivity contribution in [2.75, 3.05) is 19.8 Å². The van der Waals surface area contributed by atoms with Crippen LogP contribution in [0.5, 0.6) is 0 Å². The summed E-state index contributed by atoms with van der Waals surface area (Å²) in [5.74, 6) is -0.434. The van der Waals surface area contributed by atoms with Crippen molar-refractivity contribution in [1.29, 1.82) is 0 Å². The molecule has 1 fully saturated rings. The minimum absolute atomic E-state index is 0.111. The molecule has 3 heterocycles. The molecule has 1 amide bonds. The van der Waals surface area contributed by atoms with E-state index < -0.39 is 0 Å². The minimum atomic E-state index is -0.350. The Balaban J connectivity index is 1.46. The van der Waals surface area contributed by atoms with Crippen molar-refractivity contribution in [2.45, 2.75) is 26.4 Å². The molecule has 0 saturated carbocycles. The van der Waals surface area contributed by atoms with Gasteiger partial charge in [-0.1, -0.05) is 23.4 Å². The molecule has 146 valence electrons. The number of aromatic nitrogens is 3. The third-order valence-corrected chi connectivity index (χ3v) is 4.92. The number of fused-ring (bicyclic) bond motifs is 1. The van der Waals surface area contributed by atoms with Crippen molar-refractivity contribution in [3.05, 3.63) is 58.0 Å². The van der Waals surface area contributed by atoms with E-state index in [4.69, 9.17) is 4.52 Å². The van der Waals surface area contributed by atoms with E-state index in [-0.39, 0.29) is 34.9 Å². The fourth-order valence-electron chi connectivity index (χ4n) is 3.44. The molecule has 2 aromatic heterocycles. The number of benzene rings is 1. The zero-order chi connectivity index (χ0) is 19.7. The molecule has 28 heavy (non-hydrogen) atoms. The lowest BCUT2D eigenvalue weighted by atomic mass is 10.2. The summed E-state index contributed by atoms with van der Waals surface area (Å²) in [5.41, 5.74) is 0.867. The van der Waals surface area contributed by atoms with Crippen molar-refractivity contribution < 1.29 is 13.7 Å². The minimum Gasteiger partial charge on any atom is -0.335 e. The largest absolute Gasteiger partial charge is 0.335 e. The standard InChI is InChI=1S/C19H20FN5O3/c1-13-17-18(28-22-13)21-11-25(19(17)27)10-16(26)24-8-4-7-23(12-24)9-14-5-2-3-6-15(14)20/h2-3,5-6,11H,4,7-10,12H2,1H3. The van der Waals surface area contributed by atoms with Gasteiger partial charge in [0.2, 0.25) is 5.91 Å². The summed E-state index contributed by atoms with van der Waals surface area (Å²) in [6.07, 6.45) is 2.09. The van der Waals surface area contributed by atoms with E-state index >= 15 is 0 Å². The van der Waals surface area contributed by atoms with Crippen LogP contribution < -0.4 is 5.56 Å². The van der Waals surface area contributed by atoms with E-state index in [1.54, 1.807) is 30.0 Å². The Hall–Kier alpha value is -3.07. The topological polar surface area (TPSA) is 84.5 Å². The first-order valence-corrected chi connectivity index (χ1v) is 9.08. The summed E-state index contributed by atoms with van der Waals surface area (Å²) in [5, 5.41) is 4.03. The first kappa shape index (κ1) is 18.3. The molecule has 0 spiro atoms. The maximum absolute atomic E-state index is 13.9. The van der Waals surface area contributed by atoms with Crippen molar-refractivity contribution in [3.8, 4) is 0 Å². The van der Waals surface area contributed by atoms with Gasteiger partial charge in [-0.2, -0.15) is 0 Å². The van der Waals surface area contributed by atoms with Crippen LogP contribution in [0.4, 0.5) is 4.39 Å². The summed E-state index contributed by atoms with van der Waals surface area (Å²) >= 11 is 0. The first-order valence-electron chi connectivity index (χ1n) is 9.08. The van der Waals surface area contributed by atoms with Gasteiger partial charge in [-0.3, -0.25) is 19.1 Å². The van der Waals surface area contributed by atoms with Crippen LogP contribution in [-0.4, -0.2) is 50.2 Å². The lowest BCUT2D eigenvalue weighted by molar-refractivity contribution is -0.136. The van der Waals surface area contributed by atoms with Crippen LogP contribution in [0.15, 0.2) is 39.9 Å². The maximum atomic E-state index is 13.9. The van der Waals surface area contributed by atoms with Crippen LogP contribution in [0.1, 0.15) is 17.7 Å². The van der Waals surface area contributed by atoms with E-state index in [1.807, 2.05) is 4.90 Å². The maximum Gasteiger partial charge on any atom is 0.267 e. The molecule has 0 bridgehead atoms.